The quantitative estimate of drug-likeness (QED) is 0.612. The number of nitrogens with zero attached hydrogens (tertiary/aromatic N) is 2. The van der Waals surface area contributed by atoms with Crippen molar-refractivity contribution in [1.29, 1.82) is 0 Å². The number of nitrogens with two attached hydrogens (primary N) is 1. The molecule has 0 radical (unpaired) electrons. The Morgan fingerprint density at radius 2 is 2.30 bits per heavy atom. The number of nitrogens with one attached hydrogen (secondary N) is 1. The van der Waals surface area contributed by atoms with E-state index in [4.69, 9.17) is 21.9 Å². The SMILES string of the molecule is CCc1nn(CC)c(CC(NN)c2ccoc2Cl)c1Br. The largest absolute Gasteiger partial charge is 0.453 e. The molecule has 0 bridgehead atoms. The molecule has 0 fully saturated rings. The van der Waals surface area contributed by atoms with Crippen LogP contribution in [0.5, 0.6) is 0 Å². The molecule has 7 heteroatoms. The highest BCUT2D eigenvalue weighted by molar-refractivity contribution is 9.10. The normalized spacial score (nSPS) is 12.8. The number of furan rings is 1. The first-order chi connectivity index (χ1) is 9.62. The molecule has 1 unspecified atom stereocenters. The van der Waals surface area contributed by atoms with Crippen molar-refractivity contribution in [3.8, 4) is 0 Å². The van der Waals surface area contributed by atoms with Crippen LogP contribution in [0.15, 0.2) is 21.2 Å². The standard InChI is InChI=1S/C13H18BrClN4O/c1-3-9-12(14)11(19(4-2)18-9)7-10(17-16)8-5-6-20-13(8)15/h5-6,10,17H,3-4,7,16H2,1-2H3. The van der Waals surface area contributed by atoms with Crippen LogP contribution in [0.4, 0.5) is 0 Å². The molecule has 2 aromatic heterocycles. The zero-order chi connectivity index (χ0) is 14.7. The third-order valence-corrected chi connectivity index (χ3v) is 4.54. The zero-order valence-electron chi connectivity index (χ0n) is 11.5. The fraction of sp³-hybridized carbons (Fsp3) is 0.462. The average molecular weight is 362 g/mol. The monoisotopic (exact) mass is 360 g/mol. The molecule has 1 atom stereocenters. The van der Waals surface area contributed by atoms with Crippen LogP contribution in [0, 0.1) is 0 Å². The molecule has 0 aliphatic rings. The maximum atomic E-state index is 6.03. The number of rotatable bonds is 6. The Morgan fingerprint density at radius 1 is 1.55 bits per heavy atom. The molecule has 0 aliphatic heterocycles. The summed E-state index contributed by atoms with van der Waals surface area (Å²) in [4.78, 5) is 0. The first kappa shape index (κ1) is 15.6. The van der Waals surface area contributed by atoms with Gasteiger partial charge in [-0.25, -0.2) is 0 Å². The summed E-state index contributed by atoms with van der Waals surface area (Å²) in [6.45, 7) is 4.96. The molecule has 2 aromatic rings. The highest BCUT2D eigenvalue weighted by Gasteiger charge is 2.21. The zero-order valence-corrected chi connectivity index (χ0v) is 13.8. The second-order valence-corrected chi connectivity index (χ2v) is 5.59. The van der Waals surface area contributed by atoms with E-state index in [1.165, 1.54) is 0 Å². The van der Waals surface area contributed by atoms with Gasteiger partial charge in [-0.05, 0) is 46.9 Å². The van der Waals surface area contributed by atoms with Crippen LogP contribution in [0.2, 0.25) is 5.22 Å². The molecule has 0 saturated heterocycles. The van der Waals surface area contributed by atoms with Crippen molar-refractivity contribution >= 4 is 27.5 Å². The lowest BCUT2D eigenvalue weighted by Gasteiger charge is -2.16. The van der Waals surface area contributed by atoms with Gasteiger partial charge in [-0.2, -0.15) is 5.10 Å². The van der Waals surface area contributed by atoms with Gasteiger partial charge in [0.05, 0.1) is 28.2 Å². The van der Waals surface area contributed by atoms with E-state index in [0.717, 1.165) is 34.4 Å². The van der Waals surface area contributed by atoms with Gasteiger partial charge >= 0.3 is 0 Å². The Kier molecular flexibility index (Phi) is 5.26. The molecule has 2 heterocycles. The van der Waals surface area contributed by atoms with Gasteiger partial charge in [0.15, 0.2) is 5.22 Å². The van der Waals surface area contributed by atoms with Gasteiger partial charge in [-0.3, -0.25) is 16.0 Å². The Bertz CT molecular complexity index is 581. The Labute approximate surface area is 131 Å². The van der Waals surface area contributed by atoms with Gasteiger partial charge < -0.3 is 4.42 Å². The van der Waals surface area contributed by atoms with E-state index < -0.39 is 0 Å². The van der Waals surface area contributed by atoms with Crippen molar-refractivity contribution in [2.75, 3.05) is 0 Å². The molecule has 110 valence electrons. The molecule has 0 amide bonds. The highest BCUT2D eigenvalue weighted by Crippen LogP contribution is 2.30. The second-order valence-electron chi connectivity index (χ2n) is 4.45. The number of hydrogen-bond acceptors (Lipinski definition) is 4. The van der Waals surface area contributed by atoms with Crippen LogP contribution < -0.4 is 11.3 Å². The van der Waals surface area contributed by atoms with E-state index in [1.54, 1.807) is 6.26 Å². The van der Waals surface area contributed by atoms with E-state index in [-0.39, 0.29) is 6.04 Å². The number of aromatic nitrogens is 2. The van der Waals surface area contributed by atoms with E-state index in [2.05, 4.69) is 40.3 Å². The summed E-state index contributed by atoms with van der Waals surface area (Å²) in [6, 6.07) is 1.71. The fourth-order valence-electron chi connectivity index (χ4n) is 2.22. The van der Waals surface area contributed by atoms with Gasteiger partial charge in [0, 0.05) is 18.5 Å². The minimum atomic E-state index is -0.121. The molecule has 20 heavy (non-hydrogen) atoms. The maximum absolute atomic E-state index is 6.03. The molecule has 0 spiro atoms. The van der Waals surface area contributed by atoms with Crippen LogP contribution in [-0.2, 0) is 19.4 Å². The van der Waals surface area contributed by atoms with Gasteiger partial charge in [0.25, 0.3) is 0 Å². The van der Waals surface area contributed by atoms with Gasteiger partial charge in [0.1, 0.15) is 0 Å². The predicted octanol–water partition coefficient (Wildman–Crippen LogP) is 3.22. The summed E-state index contributed by atoms with van der Waals surface area (Å²) in [6.07, 6.45) is 3.12. The minimum absolute atomic E-state index is 0.121. The van der Waals surface area contributed by atoms with Crippen molar-refractivity contribution in [2.24, 2.45) is 5.84 Å². The highest BCUT2D eigenvalue weighted by atomic mass is 79.9. The molecule has 5 nitrogen and oxygen atoms in total. The molecule has 0 aliphatic carbocycles. The lowest BCUT2D eigenvalue weighted by Crippen LogP contribution is -2.30. The van der Waals surface area contributed by atoms with Crippen molar-refractivity contribution in [3.05, 3.63) is 39.0 Å². The Morgan fingerprint density at radius 3 is 2.80 bits per heavy atom. The topological polar surface area (TPSA) is 69.0 Å². The summed E-state index contributed by atoms with van der Waals surface area (Å²) in [5, 5.41) is 4.95. The summed E-state index contributed by atoms with van der Waals surface area (Å²) in [5.41, 5.74) is 5.80. The maximum Gasteiger partial charge on any atom is 0.197 e. The Hall–Kier alpha value is -0.820. The second kappa shape index (κ2) is 6.76. The van der Waals surface area contributed by atoms with Crippen molar-refractivity contribution in [1.82, 2.24) is 15.2 Å². The van der Waals surface area contributed by atoms with Crippen LogP contribution in [0.3, 0.4) is 0 Å². The fourth-order valence-corrected chi connectivity index (χ4v) is 3.19. The van der Waals surface area contributed by atoms with E-state index in [9.17, 15) is 0 Å². The van der Waals surface area contributed by atoms with Gasteiger partial charge in [-0.15, -0.1) is 0 Å². The van der Waals surface area contributed by atoms with Crippen molar-refractivity contribution in [2.45, 2.75) is 39.3 Å². The van der Waals surface area contributed by atoms with Crippen molar-refractivity contribution < 1.29 is 4.42 Å². The van der Waals surface area contributed by atoms with Crippen LogP contribution in [-0.4, -0.2) is 9.78 Å². The molecular formula is C13H18BrClN4O. The molecular weight excluding hydrogens is 344 g/mol. The third-order valence-electron chi connectivity index (χ3n) is 3.31. The first-order valence-electron chi connectivity index (χ1n) is 6.55. The number of halogens is 2. The Balaban J connectivity index is 2.32. The van der Waals surface area contributed by atoms with Gasteiger partial charge in [0.2, 0.25) is 0 Å². The molecule has 0 saturated carbocycles. The molecule has 3 N–H and O–H groups in total. The van der Waals surface area contributed by atoms with E-state index in [1.807, 2.05) is 10.7 Å². The number of hydrazine groups is 1. The number of aryl methyl sites for hydroxylation is 2. The van der Waals surface area contributed by atoms with E-state index in [0.29, 0.717) is 11.6 Å². The summed E-state index contributed by atoms with van der Waals surface area (Å²) >= 11 is 9.66. The summed E-state index contributed by atoms with van der Waals surface area (Å²) in [7, 11) is 0. The summed E-state index contributed by atoms with van der Waals surface area (Å²) < 4.78 is 8.16. The predicted molar refractivity (Wildman–Crippen MR) is 82.5 cm³/mol. The van der Waals surface area contributed by atoms with Crippen molar-refractivity contribution in [3.63, 3.8) is 0 Å². The van der Waals surface area contributed by atoms with Crippen LogP contribution in [0.1, 0.15) is 36.8 Å². The van der Waals surface area contributed by atoms with Gasteiger partial charge in [-0.1, -0.05) is 6.92 Å². The lowest BCUT2D eigenvalue weighted by atomic mass is 10.1. The van der Waals surface area contributed by atoms with Crippen LogP contribution in [0.25, 0.3) is 0 Å². The van der Waals surface area contributed by atoms with E-state index >= 15 is 0 Å². The minimum Gasteiger partial charge on any atom is -0.453 e. The molecule has 0 aromatic carbocycles. The van der Waals surface area contributed by atoms with Crippen LogP contribution >= 0.6 is 27.5 Å². The summed E-state index contributed by atoms with van der Waals surface area (Å²) in [5.74, 6) is 5.67. The smallest absolute Gasteiger partial charge is 0.197 e. The number of hydrogen-bond donors (Lipinski definition) is 2. The third kappa shape index (κ3) is 2.93. The average Bonchev–Trinajstić information content (AvgIpc) is 3.00. The first-order valence-corrected chi connectivity index (χ1v) is 7.72. The molecule has 2 rings (SSSR count). The lowest BCUT2D eigenvalue weighted by molar-refractivity contribution is 0.504.